The monoisotopic (exact) mass is 287 g/mol. The van der Waals surface area contributed by atoms with Crippen molar-refractivity contribution in [1.82, 2.24) is 4.90 Å². The molecule has 0 aliphatic heterocycles. The van der Waals surface area contributed by atoms with Crippen LogP contribution in [0.5, 0.6) is 0 Å². The van der Waals surface area contributed by atoms with Crippen molar-refractivity contribution in [3.05, 3.63) is 23.3 Å². The Kier molecular flexibility index (Phi) is 6.55. The third-order valence-corrected chi connectivity index (χ3v) is 3.37. The SMILES string of the molecule is CCCN(CC1C=CC=C(Cl)C1)C(=O)C(O)C(C)O. The molecule has 0 saturated carbocycles. The Labute approximate surface area is 119 Å². The highest BCUT2D eigenvalue weighted by molar-refractivity contribution is 6.29. The molecule has 1 rings (SSSR count). The second-order valence-corrected chi connectivity index (χ2v) is 5.42. The van der Waals surface area contributed by atoms with Crippen LogP contribution in [0.15, 0.2) is 23.3 Å². The van der Waals surface area contributed by atoms with Crippen LogP contribution in [0.3, 0.4) is 0 Å². The van der Waals surface area contributed by atoms with Crippen molar-refractivity contribution in [1.29, 1.82) is 0 Å². The first-order valence-corrected chi connectivity index (χ1v) is 7.01. The van der Waals surface area contributed by atoms with Gasteiger partial charge in [0.05, 0.1) is 6.10 Å². The molecule has 1 aliphatic rings. The van der Waals surface area contributed by atoms with Gasteiger partial charge in [0, 0.05) is 18.1 Å². The fourth-order valence-electron chi connectivity index (χ4n) is 2.07. The van der Waals surface area contributed by atoms with Crippen molar-refractivity contribution in [3.63, 3.8) is 0 Å². The molecule has 0 saturated heterocycles. The number of rotatable bonds is 6. The van der Waals surface area contributed by atoms with Crippen LogP contribution in [0, 0.1) is 5.92 Å². The smallest absolute Gasteiger partial charge is 0.254 e. The summed E-state index contributed by atoms with van der Waals surface area (Å²) in [6, 6.07) is 0. The molecule has 0 spiro atoms. The van der Waals surface area contributed by atoms with E-state index in [1.807, 2.05) is 25.2 Å². The van der Waals surface area contributed by atoms with Crippen LogP contribution in [0.1, 0.15) is 26.7 Å². The molecule has 0 heterocycles. The van der Waals surface area contributed by atoms with E-state index < -0.39 is 18.1 Å². The average molecular weight is 288 g/mol. The van der Waals surface area contributed by atoms with Gasteiger partial charge in [-0.3, -0.25) is 4.79 Å². The van der Waals surface area contributed by atoms with E-state index in [4.69, 9.17) is 11.6 Å². The number of halogens is 1. The van der Waals surface area contributed by atoms with E-state index in [2.05, 4.69) is 0 Å². The minimum Gasteiger partial charge on any atom is -0.390 e. The molecule has 1 amide bonds. The van der Waals surface area contributed by atoms with Crippen LogP contribution in [0.25, 0.3) is 0 Å². The van der Waals surface area contributed by atoms with Crippen molar-refractivity contribution >= 4 is 17.5 Å². The molecule has 3 atom stereocenters. The zero-order valence-corrected chi connectivity index (χ0v) is 12.2. The Hall–Kier alpha value is -0.840. The molecule has 0 bridgehead atoms. The van der Waals surface area contributed by atoms with E-state index in [-0.39, 0.29) is 5.92 Å². The summed E-state index contributed by atoms with van der Waals surface area (Å²) in [4.78, 5) is 13.7. The summed E-state index contributed by atoms with van der Waals surface area (Å²) < 4.78 is 0. The van der Waals surface area contributed by atoms with Gasteiger partial charge in [0.2, 0.25) is 0 Å². The van der Waals surface area contributed by atoms with E-state index in [1.165, 1.54) is 6.92 Å². The van der Waals surface area contributed by atoms with Crippen molar-refractivity contribution in [3.8, 4) is 0 Å². The van der Waals surface area contributed by atoms with E-state index >= 15 is 0 Å². The average Bonchev–Trinajstić information content (AvgIpc) is 2.36. The topological polar surface area (TPSA) is 60.8 Å². The molecule has 1 aliphatic carbocycles. The molecule has 4 nitrogen and oxygen atoms in total. The Morgan fingerprint density at radius 2 is 2.26 bits per heavy atom. The van der Waals surface area contributed by atoms with Crippen LogP contribution < -0.4 is 0 Å². The van der Waals surface area contributed by atoms with Gasteiger partial charge >= 0.3 is 0 Å². The second kappa shape index (κ2) is 7.68. The van der Waals surface area contributed by atoms with Gasteiger partial charge in [-0.1, -0.05) is 30.7 Å². The van der Waals surface area contributed by atoms with E-state index in [9.17, 15) is 15.0 Å². The summed E-state index contributed by atoms with van der Waals surface area (Å²) in [6.45, 7) is 4.46. The number of carbonyl (C=O) groups excluding carboxylic acids is 1. The molecule has 0 radical (unpaired) electrons. The van der Waals surface area contributed by atoms with Crippen LogP contribution in [0.2, 0.25) is 0 Å². The Morgan fingerprint density at radius 1 is 1.58 bits per heavy atom. The molecule has 19 heavy (non-hydrogen) atoms. The summed E-state index contributed by atoms with van der Waals surface area (Å²) >= 11 is 5.98. The zero-order valence-electron chi connectivity index (χ0n) is 11.4. The molecule has 108 valence electrons. The van der Waals surface area contributed by atoms with Gasteiger partial charge in [0.1, 0.15) is 0 Å². The quantitative estimate of drug-likeness (QED) is 0.781. The van der Waals surface area contributed by atoms with Gasteiger partial charge in [0.15, 0.2) is 6.10 Å². The molecule has 5 heteroatoms. The second-order valence-electron chi connectivity index (χ2n) is 4.93. The number of aliphatic hydroxyl groups excluding tert-OH is 2. The summed E-state index contributed by atoms with van der Waals surface area (Å²) in [5, 5.41) is 19.8. The maximum atomic E-state index is 12.1. The first-order valence-electron chi connectivity index (χ1n) is 6.63. The molecule has 0 aromatic rings. The normalized spacial score (nSPS) is 21.7. The third-order valence-electron chi connectivity index (χ3n) is 3.09. The predicted molar refractivity (Wildman–Crippen MR) is 75.7 cm³/mol. The standard InChI is InChI=1S/C14H22ClNO3/c1-3-7-16(14(19)13(18)10(2)17)9-11-5-4-6-12(15)8-11/h4-6,10-11,13,17-18H,3,7-9H2,1-2H3. The molecular formula is C14H22ClNO3. The Morgan fingerprint density at radius 3 is 2.79 bits per heavy atom. The first-order chi connectivity index (χ1) is 8.95. The van der Waals surface area contributed by atoms with Gasteiger partial charge in [-0.2, -0.15) is 0 Å². The van der Waals surface area contributed by atoms with Crippen LogP contribution in [0.4, 0.5) is 0 Å². The largest absolute Gasteiger partial charge is 0.390 e. The van der Waals surface area contributed by atoms with Gasteiger partial charge in [-0.25, -0.2) is 0 Å². The predicted octanol–water partition coefficient (Wildman–Crippen LogP) is 1.67. The molecular weight excluding hydrogens is 266 g/mol. The van der Waals surface area contributed by atoms with Gasteiger partial charge in [-0.05, 0) is 31.8 Å². The number of hydrogen-bond acceptors (Lipinski definition) is 3. The van der Waals surface area contributed by atoms with Crippen molar-refractivity contribution < 1.29 is 15.0 Å². The lowest BCUT2D eigenvalue weighted by molar-refractivity contribution is -0.146. The van der Waals surface area contributed by atoms with Gasteiger partial charge in [0.25, 0.3) is 5.91 Å². The number of amides is 1. The number of hydrogen-bond donors (Lipinski definition) is 2. The highest BCUT2D eigenvalue weighted by Gasteiger charge is 2.27. The molecule has 3 unspecified atom stereocenters. The third kappa shape index (κ3) is 4.97. The first kappa shape index (κ1) is 16.2. The molecule has 0 fully saturated rings. The maximum absolute atomic E-state index is 12.1. The Bertz CT molecular complexity index is 366. The lowest BCUT2D eigenvalue weighted by Crippen LogP contribution is -2.46. The lowest BCUT2D eigenvalue weighted by atomic mass is 9.99. The van der Waals surface area contributed by atoms with Crippen LogP contribution in [-0.4, -0.2) is 46.3 Å². The summed E-state index contributed by atoms with van der Waals surface area (Å²) in [6.07, 6.45) is 4.83. The minimum atomic E-state index is -1.36. The van der Waals surface area contributed by atoms with Crippen LogP contribution >= 0.6 is 11.6 Å². The summed E-state index contributed by atoms with van der Waals surface area (Å²) in [5.41, 5.74) is 0. The Balaban J connectivity index is 2.65. The highest BCUT2D eigenvalue weighted by atomic mass is 35.5. The number of nitrogens with zero attached hydrogens (tertiary/aromatic N) is 1. The fraction of sp³-hybridized carbons (Fsp3) is 0.643. The van der Waals surface area contributed by atoms with Crippen LogP contribution in [-0.2, 0) is 4.79 Å². The van der Waals surface area contributed by atoms with Crippen molar-refractivity contribution in [2.75, 3.05) is 13.1 Å². The van der Waals surface area contributed by atoms with E-state index in [1.54, 1.807) is 4.90 Å². The van der Waals surface area contributed by atoms with E-state index in [0.29, 0.717) is 19.5 Å². The summed E-state index contributed by atoms with van der Waals surface area (Å²) in [7, 11) is 0. The highest BCUT2D eigenvalue weighted by Crippen LogP contribution is 2.22. The molecule has 0 aromatic heterocycles. The number of carbonyl (C=O) groups is 1. The zero-order chi connectivity index (χ0) is 14.4. The number of allylic oxidation sites excluding steroid dienone is 3. The van der Waals surface area contributed by atoms with Crippen molar-refractivity contribution in [2.45, 2.75) is 38.9 Å². The lowest BCUT2D eigenvalue weighted by Gasteiger charge is -2.29. The maximum Gasteiger partial charge on any atom is 0.254 e. The minimum absolute atomic E-state index is 0.161. The number of aliphatic hydroxyl groups is 2. The van der Waals surface area contributed by atoms with Crippen molar-refractivity contribution in [2.24, 2.45) is 5.92 Å². The summed E-state index contributed by atoms with van der Waals surface area (Å²) in [5.74, 6) is -0.259. The van der Waals surface area contributed by atoms with Gasteiger partial charge in [-0.15, -0.1) is 0 Å². The molecule has 2 N–H and O–H groups in total. The van der Waals surface area contributed by atoms with Gasteiger partial charge < -0.3 is 15.1 Å². The molecule has 0 aromatic carbocycles. The van der Waals surface area contributed by atoms with E-state index in [0.717, 1.165) is 11.5 Å². The fourth-order valence-corrected chi connectivity index (χ4v) is 2.34.